The molecule has 0 bridgehead atoms. The Morgan fingerprint density at radius 1 is 1.37 bits per heavy atom. The summed E-state index contributed by atoms with van der Waals surface area (Å²) >= 11 is 0. The van der Waals surface area contributed by atoms with Crippen LogP contribution in [0.15, 0.2) is 23.5 Å². The molecule has 3 N–H and O–H groups in total. The normalized spacial score (nSPS) is 28.1. The number of hydrogen-bond acceptors (Lipinski definition) is 4. The standard InChI is InChI=1S/C14H21N3O2/c1-9-5-10(2)7-12(6-9)19-13-8-11(3-4-16-13)14(15)17-18/h3-4,8-10,12,18H,5-7H2,1-2H3,(H2,15,17). The van der Waals surface area contributed by atoms with E-state index in [9.17, 15) is 0 Å². The van der Waals surface area contributed by atoms with Crippen molar-refractivity contribution in [3.63, 3.8) is 0 Å². The van der Waals surface area contributed by atoms with E-state index in [1.807, 2.05) is 0 Å². The van der Waals surface area contributed by atoms with Crippen LogP contribution in [0.2, 0.25) is 0 Å². The van der Waals surface area contributed by atoms with E-state index in [-0.39, 0.29) is 11.9 Å². The van der Waals surface area contributed by atoms with Crippen LogP contribution < -0.4 is 10.5 Å². The summed E-state index contributed by atoms with van der Waals surface area (Å²) in [7, 11) is 0. The van der Waals surface area contributed by atoms with Crippen LogP contribution in [0, 0.1) is 11.8 Å². The highest BCUT2D eigenvalue weighted by atomic mass is 16.5. The number of oxime groups is 1. The maximum Gasteiger partial charge on any atom is 0.214 e. The van der Waals surface area contributed by atoms with Crippen LogP contribution >= 0.6 is 0 Å². The van der Waals surface area contributed by atoms with E-state index in [1.165, 1.54) is 6.42 Å². The quantitative estimate of drug-likeness (QED) is 0.380. The summed E-state index contributed by atoms with van der Waals surface area (Å²) in [4.78, 5) is 4.19. The number of nitrogens with two attached hydrogens (primary N) is 1. The van der Waals surface area contributed by atoms with Crippen LogP contribution in [-0.2, 0) is 0 Å². The Labute approximate surface area is 113 Å². The van der Waals surface area contributed by atoms with Crippen molar-refractivity contribution >= 4 is 5.84 Å². The van der Waals surface area contributed by atoms with Gasteiger partial charge in [0.05, 0.1) is 0 Å². The predicted molar refractivity (Wildman–Crippen MR) is 73.3 cm³/mol. The van der Waals surface area contributed by atoms with Crippen molar-refractivity contribution in [1.82, 2.24) is 4.98 Å². The highest BCUT2D eigenvalue weighted by molar-refractivity contribution is 5.97. The lowest BCUT2D eigenvalue weighted by Gasteiger charge is -2.31. The number of nitrogens with zero attached hydrogens (tertiary/aromatic N) is 2. The highest BCUT2D eigenvalue weighted by Gasteiger charge is 2.25. The Balaban J connectivity index is 2.06. The Kier molecular flexibility index (Phi) is 4.24. The van der Waals surface area contributed by atoms with Crippen molar-refractivity contribution in [1.29, 1.82) is 0 Å². The fourth-order valence-corrected chi connectivity index (χ4v) is 2.83. The van der Waals surface area contributed by atoms with Crippen molar-refractivity contribution in [3.8, 4) is 5.88 Å². The maximum atomic E-state index is 8.67. The summed E-state index contributed by atoms with van der Waals surface area (Å²) in [5.74, 6) is 1.97. The third kappa shape index (κ3) is 3.59. The van der Waals surface area contributed by atoms with Crippen molar-refractivity contribution in [3.05, 3.63) is 23.9 Å². The smallest absolute Gasteiger partial charge is 0.214 e. The molecule has 1 aliphatic rings. The van der Waals surface area contributed by atoms with Gasteiger partial charge >= 0.3 is 0 Å². The van der Waals surface area contributed by atoms with Gasteiger partial charge in [-0.3, -0.25) is 0 Å². The molecule has 0 amide bonds. The monoisotopic (exact) mass is 263 g/mol. The van der Waals surface area contributed by atoms with Gasteiger partial charge in [0, 0.05) is 17.8 Å². The van der Waals surface area contributed by atoms with Gasteiger partial charge in [-0.15, -0.1) is 0 Å². The first kappa shape index (κ1) is 13.6. The summed E-state index contributed by atoms with van der Waals surface area (Å²) in [5, 5.41) is 11.7. The highest BCUT2D eigenvalue weighted by Crippen LogP contribution is 2.30. The topological polar surface area (TPSA) is 80.7 Å². The van der Waals surface area contributed by atoms with Gasteiger partial charge in [0.15, 0.2) is 5.84 Å². The average Bonchev–Trinajstić information content (AvgIpc) is 2.37. The molecule has 1 heterocycles. The van der Waals surface area contributed by atoms with Crippen LogP contribution in [0.5, 0.6) is 5.88 Å². The van der Waals surface area contributed by atoms with Gasteiger partial charge in [-0.1, -0.05) is 19.0 Å². The third-order valence-electron chi connectivity index (χ3n) is 3.56. The first-order valence-corrected chi connectivity index (χ1v) is 6.69. The zero-order valence-corrected chi connectivity index (χ0v) is 11.4. The number of rotatable bonds is 3. The van der Waals surface area contributed by atoms with Crippen LogP contribution in [0.3, 0.4) is 0 Å². The summed E-state index contributed by atoms with van der Waals surface area (Å²) in [6.07, 6.45) is 5.18. The summed E-state index contributed by atoms with van der Waals surface area (Å²) in [6, 6.07) is 3.40. The van der Waals surface area contributed by atoms with Gasteiger partial charge < -0.3 is 15.7 Å². The Morgan fingerprint density at radius 3 is 2.68 bits per heavy atom. The largest absolute Gasteiger partial charge is 0.474 e. The van der Waals surface area contributed by atoms with E-state index >= 15 is 0 Å². The molecule has 5 heteroatoms. The van der Waals surface area contributed by atoms with E-state index in [0.717, 1.165) is 12.8 Å². The lowest BCUT2D eigenvalue weighted by molar-refractivity contribution is 0.0967. The number of amidine groups is 1. The van der Waals surface area contributed by atoms with Gasteiger partial charge in [-0.05, 0) is 37.2 Å². The molecule has 104 valence electrons. The zero-order valence-electron chi connectivity index (χ0n) is 11.4. The molecule has 2 unspecified atom stereocenters. The summed E-state index contributed by atoms with van der Waals surface area (Å²) in [5.41, 5.74) is 6.17. The molecule has 1 aromatic heterocycles. The van der Waals surface area contributed by atoms with E-state index in [4.69, 9.17) is 15.7 Å². The SMILES string of the molecule is CC1CC(C)CC(Oc2cc(C(N)=NO)ccn2)C1. The second-order valence-corrected chi connectivity index (χ2v) is 5.53. The molecule has 0 radical (unpaired) electrons. The molecule has 2 rings (SSSR count). The molecule has 0 spiro atoms. The predicted octanol–water partition coefficient (Wildman–Crippen LogP) is 2.38. The third-order valence-corrected chi connectivity index (χ3v) is 3.56. The van der Waals surface area contributed by atoms with E-state index < -0.39 is 0 Å². The molecule has 2 atom stereocenters. The molecule has 1 aromatic rings. The number of pyridine rings is 1. The molecular weight excluding hydrogens is 242 g/mol. The fraction of sp³-hybridized carbons (Fsp3) is 0.571. The second-order valence-electron chi connectivity index (χ2n) is 5.53. The minimum atomic E-state index is 0.0673. The van der Waals surface area contributed by atoms with Gasteiger partial charge in [0.2, 0.25) is 5.88 Å². The first-order chi connectivity index (χ1) is 9.08. The molecular formula is C14H21N3O2. The Hall–Kier alpha value is -1.78. The van der Waals surface area contributed by atoms with Crippen LogP contribution in [0.4, 0.5) is 0 Å². The number of aromatic nitrogens is 1. The first-order valence-electron chi connectivity index (χ1n) is 6.69. The molecule has 1 fully saturated rings. The Morgan fingerprint density at radius 2 is 2.05 bits per heavy atom. The lowest BCUT2D eigenvalue weighted by atomic mass is 9.82. The van der Waals surface area contributed by atoms with Crippen molar-refractivity contribution < 1.29 is 9.94 Å². The zero-order chi connectivity index (χ0) is 13.8. The molecule has 19 heavy (non-hydrogen) atoms. The molecule has 5 nitrogen and oxygen atoms in total. The van der Waals surface area contributed by atoms with E-state index in [0.29, 0.717) is 23.3 Å². The minimum absolute atomic E-state index is 0.0673. The van der Waals surface area contributed by atoms with Crippen LogP contribution in [0.25, 0.3) is 0 Å². The van der Waals surface area contributed by atoms with Crippen LogP contribution in [0.1, 0.15) is 38.7 Å². The summed E-state index contributed by atoms with van der Waals surface area (Å²) in [6.45, 7) is 4.51. The molecule has 1 aliphatic carbocycles. The maximum absolute atomic E-state index is 8.67. The van der Waals surface area contributed by atoms with Crippen molar-refractivity contribution in [2.45, 2.75) is 39.2 Å². The van der Waals surface area contributed by atoms with Gasteiger partial charge in [0.25, 0.3) is 0 Å². The van der Waals surface area contributed by atoms with Gasteiger partial charge in [-0.2, -0.15) is 0 Å². The van der Waals surface area contributed by atoms with Crippen molar-refractivity contribution in [2.24, 2.45) is 22.7 Å². The number of ether oxygens (including phenoxy) is 1. The Bertz CT molecular complexity index is 452. The summed E-state index contributed by atoms with van der Waals surface area (Å²) < 4.78 is 5.93. The number of hydrogen-bond donors (Lipinski definition) is 2. The molecule has 0 aliphatic heterocycles. The van der Waals surface area contributed by atoms with E-state index in [1.54, 1.807) is 18.3 Å². The average molecular weight is 263 g/mol. The van der Waals surface area contributed by atoms with Gasteiger partial charge in [0.1, 0.15) is 6.10 Å². The minimum Gasteiger partial charge on any atom is -0.474 e. The second kappa shape index (κ2) is 5.91. The van der Waals surface area contributed by atoms with Gasteiger partial charge in [-0.25, -0.2) is 4.98 Å². The molecule has 0 saturated heterocycles. The van der Waals surface area contributed by atoms with Crippen molar-refractivity contribution in [2.75, 3.05) is 0 Å². The lowest BCUT2D eigenvalue weighted by Crippen LogP contribution is -2.28. The molecule has 0 aromatic carbocycles. The van der Waals surface area contributed by atoms with Crippen LogP contribution in [-0.4, -0.2) is 22.1 Å². The van der Waals surface area contributed by atoms with E-state index in [2.05, 4.69) is 24.0 Å². The fourth-order valence-electron chi connectivity index (χ4n) is 2.83. The molecule has 1 saturated carbocycles.